The standard InChI is InChI=1S/C19H20S2/c1-12(2)15-10-13(3)19(14(4)11-15)18-8-7-17(21-18)16-6-5-9-20-16/h5-12H,1-4H3. The van der Waals surface area contributed by atoms with Crippen molar-refractivity contribution in [2.24, 2.45) is 0 Å². The van der Waals surface area contributed by atoms with E-state index in [1.165, 1.54) is 36.9 Å². The van der Waals surface area contributed by atoms with Crippen LogP contribution in [0, 0.1) is 13.8 Å². The topological polar surface area (TPSA) is 0 Å². The number of hydrogen-bond acceptors (Lipinski definition) is 2. The van der Waals surface area contributed by atoms with E-state index in [0.717, 1.165) is 0 Å². The van der Waals surface area contributed by atoms with E-state index in [9.17, 15) is 0 Å². The first kappa shape index (κ1) is 14.6. The van der Waals surface area contributed by atoms with Gasteiger partial charge in [-0.1, -0.05) is 32.0 Å². The second-order valence-corrected chi connectivity index (χ2v) is 7.86. The van der Waals surface area contributed by atoms with Crippen LogP contribution in [0.1, 0.15) is 36.5 Å². The predicted octanol–water partition coefficient (Wildman–Crippen LogP) is 6.88. The third kappa shape index (κ3) is 2.83. The molecule has 0 bridgehead atoms. The summed E-state index contributed by atoms with van der Waals surface area (Å²) in [7, 11) is 0. The van der Waals surface area contributed by atoms with Crippen molar-refractivity contribution in [1.29, 1.82) is 0 Å². The van der Waals surface area contributed by atoms with Gasteiger partial charge in [0.05, 0.1) is 0 Å². The van der Waals surface area contributed by atoms with Crippen LogP contribution in [0.25, 0.3) is 20.2 Å². The van der Waals surface area contributed by atoms with Crippen molar-refractivity contribution in [3.8, 4) is 20.2 Å². The summed E-state index contributed by atoms with van der Waals surface area (Å²) in [6.45, 7) is 8.99. The Kier molecular flexibility index (Phi) is 4.01. The summed E-state index contributed by atoms with van der Waals surface area (Å²) >= 11 is 3.71. The van der Waals surface area contributed by atoms with E-state index in [2.05, 4.69) is 69.5 Å². The van der Waals surface area contributed by atoms with Crippen LogP contribution in [0.4, 0.5) is 0 Å². The fourth-order valence-electron chi connectivity index (χ4n) is 2.74. The first-order chi connectivity index (χ1) is 10.1. The first-order valence-electron chi connectivity index (χ1n) is 7.31. The third-order valence-electron chi connectivity index (χ3n) is 3.84. The van der Waals surface area contributed by atoms with Crippen molar-refractivity contribution in [1.82, 2.24) is 0 Å². The van der Waals surface area contributed by atoms with Gasteiger partial charge in [0.25, 0.3) is 0 Å². The lowest BCUT2D eigenvalue weighted by molar-refractivity contribution is 0.863. The minimum absolute atomic E-state index is 0.585. The molecule has 0 nitrogen and oxygen atoms in total. The Balaban J connectivity index is 2.05. The van der Waals surface area contributed by atoms with Gasteiger partial charge in [-0.25, -0.2) is 0 Å². The van der Waals surface area contributed by atoms with Crippen molar-refractivity contribution in [2.75, 3.05) is 0 Å². The molecule has 108 valence electrons. The zero-order valence-corrected chi connectivity index (χ0v) is 14.6. The highest BCUT2D eigenvalue weighted by atomic mass is 32.1. The van der Waals surface area contributed by atoms with E-state index < -0.39 is 0 Å². The molecule has 0 fully saturated rings. The van der Waals surface area contributed by atoms with Gasteiger partial charge < -0.3 is 0 Å². The first-order valence-corrected chi connectivity index (χ1v) is 9.01. The fraction of sp³-hybridized carbons (Fsp3) is 0.263. The molecule has 0 aliphatic heterocycles. The van der Waals surface area contributed by atoms with E-state index >= 15 is 0 Å². The fourth-order valence-corrected chi connectivity index (χ4v) is 4.76. The van der Waals surface area contributed by atoms with Gasteiger partial charge in [0.2, 0.25) is 0 Å². The molecule has 21 heavy (non-hydrogen) atoms. The smallest absolute Gasteiger partial charge is 0.0449 e. The molecule has 0 unspecified atom stereocenters. The molecule has 0 aliphatic carbocycles. The van der Waals surface area contributed by atoms with Gasteiger partial charge in [-0.2, -0.15) is 0 Å². The van der Waals surface area contributed by atoms with E-state index in [0.29, 0.717) is 5.92 Å². The summed E-state index contributed by atoms with van der Waals surface area (Å²) in [5.41, 5.74) is 5.62. The van der Waals surface area contributed by atoms with Crippen LogP contribution in [0.2, 0.25) is 0 Å². The molecule has 0 saturated carbocycles. The molecule has 0 radical (unpaired) electrons. The lowest BCUT2D eigenvalue weighted by atomic mass is 9.93. The molecule has 0 aliphatic rings. The minimum Gasteiger partial charge on any atom is -0.143 e. The highest BCUT2D eigenvalue weighted by Gasteiger charge is 2.12. The lowest BCUT2D eigenvalue weighted by Crippen LogP contribution is -1.93. The van der Waals surface area contributed by atoms with Gasteiger partial charge in [-0.3, -0.25) is 0 Å². The van der Waals surface area contributed by atoms with Crippen molar-refractivity contribution >= 4 is 22.7 Å². The van der Waals surface area contributed by atoms with Crippen molar-refractivity contribution in [2.45, 2.75) is 33.6 Å². The molecule has 2 aromatic heterocycles. The van der Waals surface area contributed by atoms with Crippen LogP contribution in [-0.2, 0) is 0 Å². The predicted molar refractivity (Wildman–Crippen MR) is 96.6 cm³/mol. The maximum Gasteiger partial charge on any atom is 0.0449 e. The monoisotopic (exact) mass is 312 g/mol. The van der Waals surface area contributed by atoms with Gasteiger partial charge in [0.15, 0.2) is 0 Å². The number of thiophene rings is 2. The molecule has 0 saturated heterocycles. The lowest BCUT2D eigenvalue weighted by Gasteiger charge is -2.13. The van der Waals surface area contributed by atoms with E-state index in [4.69, 9.17) is 0 Å². The molecule has 0 N–H and O–H groups in total. The molecular weight excluding hydrogens is 292 g/mol. The van der Waals surface area contributed by atoms with Crippen molar-refractivity contribution in [3.63, 3.8) is 0 Å². The summed E-state index contributed by atoms with van der Waals surface area (Å²) < 4.78 is 0. The molecule has 3 rings (SSSR count). The summed E-state index contributed by atoms with van der Waals surface area (Å²) in [5, 5.41) is 2.14. The third-order valence-corrected chi connectivity index (χ3v) is 6.01. The highest BCUT2D eigenvalue weighted by molar-refractivity contribution is 7.23. The van der Waals surface area contributed by atoms with E-state index in [1.54, 1.807) is 0 Å². The highest BCUT2D eigenvalue weighted by Crippen LogP contribution is 2.39. The summed E-state index contributed by atoms with van der Waals surface area (Å²) in [4.78, 5) is 4.11. The number of aryl methyl sites for hydroxylation is 2. The quantitative estimate of drug-likeness (QED) is 0.494. The molecule has 0 spiro atoms. The van der Waals surface area contributed by atoms with Crippen LogP contribution >= 0.6 is 22.7 Å². The second-order valence-electron chi connectivity index (χ2n) is 5.83. The van der Waals surface area contributed by atoms with Crippen LogP contribution in [-0.4, -0.2) is 0 Å². The van der Waals surface area contributed by atoms with Gasteiger partial charge in [-0.05, 0) is 65.6 Å². The summed E-state index contributed by atoms with van der Waals surface area (Å²) in [6, 6.07) is 13.5. The van der Waals surface area contributed by atoms with Gasteiger partial charge in [-0.15, -0.1) is 22.7 Å². The minimum atomic E-state index is 0.585. The molecule has 2 heterocycles. The average molecular weight is 313 g/mol. The zero-order valence-electron chi connectivity index (χ0n) is 12.9. The Bertz CT molecular complexity index is 723. The Hall–Kier alpha value is -1.38. The van der Waals surface area contributed by atoms with Gasteiger partial charge in [0, 0.05) is 14.6 Å². The zero-order chi connectivity index (χ0) is 15.0. The maximum absolute atomic E-state index is 2.34. The maximum atomic E-state index is 2.34. The largest absolute Gasteiger partial charge is 0.143 e. The molecule has 3 aromatic rings. The Morgan fingerprint density at radius 2 is 1.52 bits per heavy atom. The second kappa shape index (κ2) is 5.78. The van der Waals surface area contributed by atoms with Gasteiger partial charge >= 0.3 is 0 Å². The van der Waals surface area contributed by atoms with Crippen LogP contribution < -0.4 is 0 Å². The normalized spacial score (nSPS) is 11.3. The van der Waals surface area contributed by atoms with Crippen LogP contribution in [0.15, 0.2) is 41.8 Å². The summed E-state index contributed by atoms with van der Waals surface area (Å²) in [5.74, 6) is 0.585. The number of hydrogen-bond donors (Lipinski definition) is 0. The number of rotatable bonds is 3. The van der Waals surface area contributed by atoms with Gasteiger partial charge in [0.1, 0.15) is 0 Å². The molecule has 0 atom stereocenters. The van der Waals surface area contributed by atoms with E-state index in [1.807, 2.05) is 22.7 Å². The Morgan fingerprint density at radius 1 is 0.857 bits per heavy atom. The van der Waals surface area contributed by atoms with Crippen molar-refractivity contribution in [3.05, 3.63) is 58.5 Å². The van der Waals surface area contributed by atoms with E-state index in [-0.39, 0.29) is 0 Å². The average Bonchev–Trinajstić information content (AvgIpc) is 3.08. The van der Waals surface area contributed by atoms with Crippen molar-refractivity contribution < 1.29 is 0 Å². The Labute approximate surface area is 135 Å². The molecule has 2 heteroatoms. The SMILES string of the molecule is Cc1cc(C(C)C)cc(C)c1-c1ccc(-c2cccs2)s1. The molecule has 1 aromatic carbocycles. The van der Waals surface area contributed by atoms with Crippen LogP contribution in [0.5, 0.6) is 0 Å². The molecular formula is C19H20S2. The molecule has 0 amide bonds. The summed E-state index contributed by atoms with van der Waals surface area (Å²) in [6.07, 6.45) is 0. The Morgan fingerprint density at radius 3 is 2.10 bits per heavy atom. The van der Waals surface area contributed by atoms with Crippen LogP contribution in [0.3, 0.4) is 0 Å². The number of benzene rings is 1.